The average Bonchev–Trinajstić information content (AvgIpc) is 3.17. The van der Waals surface area contributed by atoms with Crippen molar-refractivity contribution in [3.05, 3.63) is 53.5 Å². The maximum absolute atomic E-state index is 13.2. The number of nitrogens with one attached hydrogen (secondary N) is 1. The summed E-state index contributed by atoms with van der Waals surface area (Å²) < 4.78 is 0. The van der Waals surface area contributed by atoms with E-state index < -0.39 is 17.9 Å². The number of carboxylic acid groups (broad SMARTS) is 1. The lowest BCUT2D eigenvalue weighted by Crippen LogP contribution is -2.50. The van der Waals surface area contributed by atoms with Crippen molar-refractivity contribution in [3.63, 3.8) is 0 Å². The number of aliphatic carboxylic acids is 1. The average molecular weight is 453 g/mol. The van der Waals surface area contributed by atoms with Crippen molar-refractivity contribution in [2.75, 3.05) is 31.5 Å². The molecule has 0 unspecified atom stereocenters. The second kappa shape index (κ2) is 9.85. The van der Waals surface area contributed by atoms with E-state index in [1.54, 1.807) is 23.2 Å². The molecule has 1 atom stereocenters. The molecule has 4 heterocycles. The van der Waals surface area contributed by atoms with E-state index in [4.69, 9.17) is 0 Å². The van der Waals surface area contributed by atoms with Gasteiger partial charge in [-0.3, -0.25) is 14.6 Å². The Kier molecular flexibility index (Phi) is 6.71. The number of aromatic nitrogens is 2. The first-order chi connectivity index (χ1) is 15.9. The highest BCUT2D eigenvalue weighted by Gasteiger charge is 2.38. The van der Waals surface area contributed by atoms with Crippen molar-refractivity contribution in [3.8, 4) is 0 Å². The van der Waals surface area contributed by atoms with Gasteiger partial charge in [-0.2, -0.15) is 0 Å². The van der Waals surface area contributed by atoms with Gasteiger partial charge < -0.3 is 15.3 Å². The standard InChI is InChI=1S/C23H28N6O4/c1-16(30)29(20(14-21(31)32)18-5-2-9-24-15-18)28-13-12-27(23(28)33)11-8-19-7-6-17-4-3-10-25-22(17)26-19/h2,5-7,9,15,20H,3-4,8,10-14H2,1H3,(H,25,26)(H,31,32)/t20-/m0/s1. The minimum absolute atomic E-state index is 0.300. The van der Waals surface area contributed by atoms with E-state index in [2.05, 4.69) is 21.4 Å². The van der Waals surface area contributed by atoms with Crippen LogP contribution in [0.3, 0.4) is 0 Å². The number of hydrogen-bond donors (Lipinski definition) is 2. The maximum Gasteiger partial charge on any atom is 0.339 e. The number of carboxylic acids is 1. The van der Waals surface area contributed by atoms with Crippen molar-refractivity contribution in [2.45, 2.75) is 38.6 Å². The Morgan fingerprint density at radius 3 is 2.85 bits per heavy atom. The summed E-state index contributed by atoms with van der Waals surface area (Å²) in [5.74, 6) is -0.544. The van der Waals surface area contributed by atoms with Crippen LogP contribution in [-0.4, -0.2) is 74.1 Å². The number of amides is 3. The number of fused-ring (bicyclic) bond motifs is 1. The van der Waals surface area contributed by atoms with E-state index in [-0.39, 0.29) is 12.5 Å². The van der Waals surface area contributed by atoms with Crippen LogP contribution in [0.1, 0.15) is 42.6 Å². The van der Waals surface area contributed by atoms with Crippen molar-refractivity contribution in [1.82, 2.24) is 24.9 Å². The van der Waals surface area contributed by atoms with Gasteiger partial charge in [0.2, 0.25) is 5.91 Å². The van der Waals surface area contributed by atoms with Gasteiger partial charge >= 0.3 is 12.0 Å². The summed E-state index contributed by atoms with van der Waals surface area (Å²) in [5, 5.41) is 15.4. The monoisotopic (exact) mass is 452 g/mol. The molecule has 2 aromatic rings. The van der Waals surface area contributed by atoms with Crippen LogP contribution in [0, 0.1) is 0 Å². The largest absolute Gasteiger partial charge is 0.481 e. The molecular weight excluding hydrogens is 424 g/mol. The van der Waals surface area contributed by atoms with Crippen molar-refractivity contribution >= 4 is 23.7 Å². The summed E-state index contributed by atoms with van der Waals surface area (Å²) in [5.41, 5.74) is 2.68. The first-order valence-corrected chi connectivity index (χ1v) is 11.1. The molecule has 2 N–H and O–H groups in total. The third-order valence-electron chi connectivity index (χ3n) is 5.98. The normalized spacial score (nSPS) is 16.2. The smallest absolute Gasteiger partial charge is 0.339 e. The molecule has 174 valence electrons. The molecule has 33 heavy (non-hydrogen) atoms. The topological polar surface area (TPSA) is 119 Å². The molecule has 0 spiro atoms. The van der Waals surface area contributed by atoms with Crippen LogP contribution in [0.25, 0.3) is 0 Å². The Balaban J connectivity index is 1.47. The quantitative estimate of drug-likeness (QED) is 0.629. The van der Waals surface area contributed by atoms with Gasteiger partial charge in [-0.05, 0) is 36.1 Å². The third kappa shape index (κ3) is 5.05. The highest BCUT2D eigenvalue weighted by Crippen LogP contribution is 2.28. The fourth-order valence-corrected chi connectivity index (χ4v) is 4.38. The van der Waals surface area contributed by atoms with Crippen LogP contribution in [0.15, 0.2) is 36.7 Å². The third-order valence-corrected chi connectivity index (χ3v) is 5.98. The number of hydrazine groups is 1. The molecular formula is C23H28N6O4. The lowest BCUT2D eigenvalue weighted by atomic mass is 10.1. The summed E-state index contributed by atoms with van der Waals surface area (Å²) in [6, 6.07) is 6.33. The summed E-state index contributed by atoms with van der Waals surface area (Å²) >= 11 is 0. The van der Waals surface area contributed by atoms with E-state index in [1.807, 2.05) is 6.07 Å². The Morgan fingerprint density at radius 1 is 1.27 bits per heavy atom. The van der Waals surface area contributed by atoms with Gasteiger partial charge in [0, 0.05) is 51.1 Å². The predicted molar refractivity (Wildman–Crippen MR) is 120 cm³/mol. The molecule has 10 nitrogen and oxygen atoms in total. The van der Waals surface area contributed by atoms with E-state index in [1.165, 1.54) is 28.7 Å². The highest BCUT2D eigenvalue weighted by molar-refractivity contribution is 5.82. The van der Waals surface area contributed by atoms with Crippen molar-refractivity contribution < 1.29 is 19.5 Å². The van der Waals surface area contributed by atoms with Gasteiger partial charge in [0.05, 0.1) is 19.0 Å². The number of pyridine rings is 2. The zero-order chi connectivity index (χ0) is 23.4. The summed E-state index contributed by atoms with van der Waals surface area (Å²) in [7, 11) is 0. The Labute approximate surface area is 192 Å². The first-order valence-electron chi connectivity index (χ1n) is 11.1. The molecule has 1 fully saturated rings. The minimum Gasteiger partial charge on any atom is -0.481 e. The van der Waals surface area contributed by atoms with Gasteiger partial charge in [0.25, 0.3) is 0 Å². The number of nitrogens with zero attached hydrogens (tertiary/aromatic N) is 5. The molecule has 4 rings (SSSR count). The number of urea groups is 1. The van der Waals surface area contributed by atoms with Gasteiger partial charge in [-0.25, -0.2) is 19.8 Å². The van der Waals surface area contributed by atoms with Crippen molar-refractivity contribution in [1.29, 1.82) is 0 Å². The lowest BCUT2D eigenvalue weighted by Gasteiger charge is -2.36. The van der Waals surface area contributed by atoms with Gasteiger partial charge in [0.15, 0.2) is 0 Å². The SMILES string of the molecule is CC(=O)N([C@@H](CC(=O)O)c1cccnc1)N1CCN(CCc2ccc3c(n2)NCCC3)C1=O. The summed E-state index contributed by atoms with van der Waals surface area (Å²) in [6.45, 7) is 3.46. The molecule has 3 amide bonds. The van der Waals surface area contributed by atoms with Crippen LogP contribution in [0.4, 0.5) is 10.6 Å². The second-order valence-corrected chi connectivity index (χ2v) is 8.25. The fourth-order valence-electron chi connectivity index (χ4n) is 4.38. The van der Waals surface area contributed by atoms with Crippen LogP contribution in [0.2, 0.25) is 0 Å². The zero-order valence-electron chi connectivity index (χ0n) is 18.6. The predicted octanol–water partition coefficient (Wildman–Crippen LogP) is 2.09. The Morgan fingerprint density at radius 2 is 2.12 bits per heavy atom. The molecule has 10 heteroatoms. The van der Waals surface area contributed by atoms with Gasteiger partial charge in [0.1, 0.15) is 5.82 Å². The molecule has 0 aromatic carbocycles. The van der Waals surface area contributed by atoms with Gasteiger partial charge in [-0.1, -0.05) is 12.1 Å². The molecule has 0 saturated carbocycles. The number of carbonyl (C=O) groups is 3. The van der Waals surface area contributed by atoms with E-state index in [0.29, 0.717) is 31.6 Å². The summed E-state index contributed by atoms with van der Waals surface area (Å²) in [6.07, 6.45) is 5.48. The summed E-state index contributed by atoms with van der Waals surface area (Å²) in [4.78, 5) is 47.7. The first kappa shape index (κ1) is 22.5. The minimum atomic E-state index is -1.06. The molecule has 0 aliphatic carbocycles. The van der Waals surface area contributed by atoms with E-state index >= 15 is 0 Å². The van der Waals surface area contributed by atoms with E-state index in [0.717, 1.165) is 30.9 Å². The fraction of sp³-hybridized carbons (Fsp3) is 0.435. The molecule has 0 radical (unpaired) electrons. The molecule has 2 aliphatic rings. The number of hydrogen-bond acceptors (Lipinski definition) is 6. The number of anilines is 1. The zero-order valence-corrected chi connectivity index (χ0v) is 18.6. The highest BCUT2D eigenvalue weighted by atomic mass is 16.4. The Bertz CT molecular complexity index is 1030. The second-order valence-electron chi connectivity index (χ2n) is 8.25. The molecule has 2 aromatic heterocycles. The molecule has 2 aliphatic heterocycles. The van der Waals surface area contributed by atoms with Gasteiger partial charge in [-0.15, -0.1) is 0 Å². The number of carbonyl (C=O) groups excluding carboxylic acids is 2. The van der Waals surface area contributed by atoms with Crippen LogP contribution in [0.5, 0.6) is 0 Å². The maximum atomic E-state index is 13.2. The van der Waals surface area contributed by atoms with Crippen molar-refractivity contribution in [2.24, 2.45) is 0 Å². The van der Waals surface area contributed by atoms with Crippen LogP contribution < -0.4 is 5.32 Å². The van der Waals surface area contributed by atoms with Crippen LogP contribution in [-0.2, 0) is 22.4 Å². The lowest BCUT2D eigenvalue weighted by molar-refractivity contribution is -0.150. The number of rotatable bonds is 8. The molecule has 1 saturated heterocycles. The Hall–Kier alpha value is -3.69. The van der Waals surface area contributed by atoms with Crippen LogP contribution >= 0.6 is 0 Å². The number of aryl methyl sites for hydroxylation is 1. The molecule has 0 bridgehead atoms. The van der Waals surface area contributed by atoms with E-state index in [9.17, 15) is 19.5 Å².